The van der Waals surface area contributed by atoms with Crippen molar-refractivity contribution in [1.29, 1.82) is 0 Å². The van der Waals surface area contributed by atoms with Crippen LogP contribution >= 0.6 is 0 Å². The largest absolute Gasteiger partial charge is 0.390 e. The lowest BCUT2D eigenvalue weighted by Gasteiger charge is -2.12. The standard InChI is InChI=1S/C14H19N3O2/c1-9-4-5-10(2)13(6-9)16-14(18)15-8-12-7-11(3)17-19-12/h4-6,12H,7-8H2,1-3H3,(H2,15,16,18)/t12-/m1/s1. The lowest BCUT2D eigenvalue weighted by atomic mass is 10.1. The van der Waals surface area contributed by atoms with E-state index in [0.717, 1.165) is 28.9 Å². The molecule has 0 bridgehead atoms. The van der Waals surface area contributed by atoms with Crippen molar-refractivity contribution in [3.8, 4) is 0 Å². The van der Waals surface area contributed by atoms with Crippen LogP contribution in [0, 0.1) is 13.8 Å². The van der Waals surface area contributed by atoms with Crippen molar-refractivity contribution in [2.24, 2.45) is 5.16 Å². The minimum absolute atomic E-state index is 0.0515. The third kappa shape index (κ3) is 3.71. The van der Waals surface area contributed by atoms with E-state index in [1.165, 1.54) is 0 Å². The number of anilines is 1. The highest BCUT2D eigenvalue weighted by molar-refractivity contribution is 5.90. The lowest BCUT2D eigenvalue weighted by Crippen LogP contribution is -2.35. The number of nitrogens with one attached hydrogen (secondary N) is 2. The fraction of sp³-hybridized carbons (Fsp3) is 0.429. The summed E-state index contributed by atoms with van der Waals surface area (Å²) >= 11 is 0. The fourth-order valence-electron chi connectivity index (χ4n) is 1.92. The summed E-state index contributed by atoms with van der Waals surface area (Å²) in [6.45, 7) is 6.33. The molecule has 1 aliphatic heterocycles. The zero-order valence-corrected chi connectivity index (χ0v) is 11.5. The van der Waals surface area contributed by atoms with Crippen molar-refractivity contribution in [3.05, 3.63) is 29.3 Å². The summed E-state index contributed by atoms with van der Waals surface area (Å²) in [5.74, 6) is 0. The van der Waals surface area contributed by atoms with Crippen LogP contribution in [0.1, 0.15) is 24.5 Å². The van der Waals surface area contributed by atoms with Crippen molar-refractivity contribution >= 4 is 17.4 Å². The molecule has 0 spiro atoms. The molecule has 102 valence electrons. The van der Waals surface area contributed by atoms with E-state index >= 15 is 0 Å². The Morgan fingerprint density at radius 3 is 2.89 bits per heavy atom. The van der Waals surface area contributed by atoms with E-state index < -0.39 is 0 Å². The summed E-state index contributed by atoms with van der Waals surface area (Å²) in [7, 11) is 0. The van der Waals surface area contributed by atoms with Gasteiger partial charge in [-0.25, -0.2) is 4.79 Å². The molecule has 1 aromatic carbocycles. The molecule has 2 N–H and O–H groups in total. The van der Waals surface area contributed by atoms with Gasteiger partial charge in [-0.05, 0) is 38.0 Å². The van der Waals surface area contributed by atoms with Gasteiger partial charge in [-0.2, -0.15) is 0 Å². The molecule has 1 aromatic rings. The molecule has 2 rings (SSSR count). The minimum Gasteiger partial charge on any atom is -0.390 e. The highest BCUT2D eigenvalue weighted by Gasteiger charge is 2.18. The summed E-state index contributed by atoms with van der Waals surface area (Å²) in [5.41, 5.74) is 3.94. The smallest absolute Gasteiger partial charge is 0.319 e. The van der Waals surface area contributed by atoms with Crippen molar-refractivity contribution in [1.82, 2.24) is 5.32 Å². The van der Waals surface area contributed by atoms with Crippen LogP contribution in [-0.4, -0.2) is 24.4 Å². The molecule has 0 saturated heterocycles. The van der Waals surface area contributed by atoms with Gasteiger partial charge in [-0.3, -0.25) is 0 Å². The number of aryl methyl sites for hydroxylation is 2. The van der Waals surface area contributed by atoms with Gasteiger partial charge in [0.2, 0.25) is 0 Å². The predicted molar refractivity (Wildman–Crippen MR) is 75.5 cm³/mol. The van der Waals surface area contributed by atoms with Crippen LogP contribution in [0.15, 0.2) is 23.4 Å². The van der Waals surface area contributed by atoms with Crippen LogP contribution in [0.4, 0.5) is 10.5 Å². The first-order valence-corrected chi connectivity index (χ1v) is 6.36. The van der Waals surface area contributed by atoms with Gasteiger partial charge in [-0.15, -0.1) is 0 Å². The Balaban J connectivity index is 1.83. The van der Waals surface area contributed by atoms with Gasteiger partial charge in [0.25, 0.3) is 0 Å². The molecule has 1 atom stereocenters. The molecule has 0 aromatic heterocycles. The molecule has 0 aliphatic carbocycles. The summed E-state index contributed by atoms with van der Waals surface area (Å²) in [4.78, 5) is 17.0. The average Bonchev–Trinajstić information content (AvgIpc) is 2.77. The van der Waals surface area contributed by atoms with Gasteiger partial charge in [-0.1, -0.05) is 17.3 Å². The normalized spacial score (nSPS) is 17.6. The molecule has 2 amide bonds. The summed E-state index contributed by atoms with van der Waals surface area (Å²) < 4.78 is 0. The molecule has 0 fully saturated rings. The Morgan fingerprint density at radius 2 is 2.21 bits per heavy atom. The molecule has 19 heavy (non-hydrogen) atoms. The number of carbonyl (C=O) groups excluding carboxylic acids is 1. The number of benzene rings is 1. The van der Waals surface area contributed by atoms with Crippen LogP contribution in [0.25, 0.3) is 0 Å². The van der Waals surface area contributed by atoms with Gasteiger partial charge >= 0.3 is 6.03 Å². The number of rotatable bonds is 3. The SMILES string of the molecule is CC1=NO[C@@H](CNC(=O)Nc2cc(C)ccc2C)C1. The Bertz CT molecular complexity index is 511. The van der Waals surface area contributed by atoms with Crippen molar-refractivity contribution in [3.63, 3.8) is 0 Å². The van der Waals surface area contributed by atoms with E-state index in [4.69, 9.17) is 4.84 Å². The zero-order valence-electron chi connectivity index (χ0n) is 11.5. The van der Waals surface area contributed by atoms with Gasteiger partial charge < -0.3 is 15.5 Å². The number of urea groups is 1. The maximum atomic E-state index is 11.8. The van der Waals surface area contributed by atoms with Crippen LogP contribution < -0.4 is 10.6 Å². The van der Waals surface area contributed by atoms with Gasteiger partial charge in [0.05, 0.1) is 12.3 Å². The number of nitrogens with zero attached hydrogens (tertiary/aromatic N) is 1. The van der Waals surface area contributed by atoms with E-state index in [1.807, 2.05) is 39.0 Å². The minimum atomic E-state index is -0.221. The summed E-state index contributed by atoms with van der Waals surface area (Å²) in [5, 5.41) is 9.49. The maximum absolute atomic E-state index is 11.8. The second kappa shape index (κ2) is 5.73. The number of amides is 2. The first kappa shape index (κ1) is 13.4. The van der Waals surface area contributed by atoms with Crippen molar-refractivity contribution in [2.75, 3.05) is 11.9 Å². The maximum Gasteiger partial charge on any atom is 0.319 e. The summed E-state index contributed by atoms with van der Waals surface area (Å²) in [6.07, 6.45) is 0.716. The molecular formula is C14H19N3O2. The molecule has 0 radical (unpaired) electrons. The first-order valence-electron chi connectivity index (χ1n) is 6.36. The number of hydrogen-bond acceptors (Lipinski definition) is 3. The second-order valence-corrected chi connectivity index (χ2v) is 4.91. The van der Waals surface area contributed by atoms with E-state index in [2.05, 4.69) is 15.8 Å². The highest BCUT2D eigenvalue weighted by Crippen LogP contribution is 2.16. The third-order valence-electron chi connectivity index (χ3n) is 3.01. The fourth-order valence-corrected chi connectivity index (χ4v) is 1.92. The second-order valence-electron chi connectivity index (χ2n) is 4.91. The van der Waals surface area contributed by atoms with Gasteiger partial charge in [0.15, 0.2) is 0 Å². The van der Waals surface area contributed by atoms with Crippen molar-refractivity contribution in [2.45, 2.75) is 33.3 Å². The first-order chi connectivity index (χ1) is 9.04. The number of carbonyl (C=O) groups is 1. The monoisotopic (exact) mass is 261 g/mol. The van der Waals surface area contributed by atoms with Crippen LogP contribution in [-0.2, 0) is 4.84 Å². The average molecular weight is 261 g/mol. The topological polar surface area (TPSA) is 62.7 Å². The lowest BCUT2D eigenvalue weighted by molar-refractivity contribution is 0.0870. The van der Waals surface area contributed by atoms with Gasteiger partial charge in [0, 0.05) is 12.1 Å². The zero-order chi connectivity index (χ0) is 13.8. The van der Waals surface area contributed by atoms with Gasteiger partial charge in [0.1, 0.15) is 6.10 Å². The molecule has 0 saturated carbocycles. The van der Waals surface area contributed by atoms with E-state index in [1.54, 1.807) is 0 Å². The van der Waals surface area contributed by atoms with E-state index in [9.17, 15) is 4.79 Å². The Hall–Kier alpha value is -2.04. The molecule has 1 heterocycles. The highest BCUT2D eigenvalue weighted by atomic mass is 16.6. The quantitative estimate of drug-likeness (QED) is 0.878. The van der Waals surface area contributed by atoms with Crippen LogP contribution in [0.2, 0.25) is 0 Å². The molecular weight excluding hydrogens is 242 g/mol. The summed E-state index contributed by atoms with van der Waals surface area (Å²) in [6, 6.07) is 5.74. The molecule has 0 unspecified atom stereocenters. The predicted octanol–water partition coefficient (Wildman–Crippen LogP) is 2.59. The van der Waals surface area contributed by atoms with Crippen molar-refractivity contribution < 1.29 is 9.63 Å². The number of oxime groups is 1. The van der Waals surface area contributed by atoms with Crippen LogP contribution in [0.3, 0.4) is 0 Å². The third-order valence-corrected chi connectivity index (χ3v) is 3.01. The molecule has 1 aliphatic rings. The van der Waals surface area contributed by atoms with E-state index in [-0.39, 0.29) is 12.1 Å². The van der Waals surface area contributed by atoms with Crippen LogP contribution in [0.5, 0.6) is 0 Å². The Labute approximate surface area is 113 Å². The Kier molecular flexibility index (Phi) is 4.04. The Morgan fingerprint density at radius 1 is 1.42 bits per heavy atom. The molecule has 5 heteroatoms. The van der Waals surface area contributed by atoms with E-state index in [0.29, 0.717) is 6.54 Å². The number of hydrogen-bond donors (Lipinski definition) is 2. The molecule has 5 nitrogen and oxygen atoms in total.